The number of nitro groups is 1. The van der Waals surface area contributed by atoms with Crippen molar-refractivity contribution in [1.82, 2.24) is 0 Å². The first-order valence-electron chi connectivity index (χ1n) is 9.15. The van der Waals surface area contributed by atoms with E-state index in [0.29, 0.717) is 10.7 Å². The number of thiophene rings is 1. The van der Waals surface area contributed by atoms with Crippen LogP contribution in [0.2, 0.25) is 5.02 Å². The number of halogens is 1. The van der Waals surface area contributed by atoms with Crippen LogP contribution in [0.4, 0.5) is 11.4 Å². The highest BCUT2D eigenvalue weighted by Gasteiger charge is 2.48. The largest absolute Gasteiger partial charge is 0.507 e. The number of aliphatic hydroxyl groups excluding tert-OH is 1. The smallest absolute Gasteiger partial charge is 0.300 e. The average Bonchev–Trinajstić information content (AvgIpc) is 3.28. The molecule has 1 aliphatic rings. The Kier molecular flexibility index (Phi) is 5.34. The molecular weight excluding hydrogens is 440 g/mol. The number of aliphatic hydroxyl groups is 1. The number of carbonyl (C=O) groups excluding carboxylic acids is 2. The van der Waals surface area contributed by atoms with Gasteiger partial charge in [-0.25, -0.2) is 0 Å². The molecule has 31 heavy (non-hydrogen) atoms. The molecule has 1 fully saturated rings. The molecule has 9 heteroatoms. The van der Waals surface area contributed by atoms with Gasteiger partial charge >= 0.3 is 0 Å². The Morgan fingerprint density at radius 1 is 1.16 bits per heavy atom. The summed E-state index contributed by atoms with van der Waals surface area (Å²) in [4.78, 5) is 38.5. The van der Waals surface area contributed by atoms with Gasteiger partial charge in [-0.3, -0.25) is 24.6 Å². The number of amides is 1. The van der Waals surface area contributed by atoms with Gasteiger partial charge in [-0.2, -0.15) is 0 Å². The van der Waals surface area contributed by atoms with E-state index < -0.39 is 28.4 Å². The zero-order valence-corrected chi connectivity index (χ0v) is 17.7. The molecule has 1 N–H and O–H groups in total. The van der Waals surface area contributed by atoms with E-state index >= 15 is 0 Å². The fourth-order valence-electron chi connectivity index (χ4n) is 3.53. The molecule has 0 bridgehead atoms. The van der Waals surface area contributed by atoms with Gasteiger partial charge in [-0.05, 0) is 54.3 Å². The molecule has 7 nitrogen and oxygen atoms in total. The highest BCUT2D eigenvalue weighted by Crippen LogP contribution is 2.45. The molecule has 2 aromatic carbocycles. The number of aryl methyl sites for hydroxylation is 1. The fraction of sp³-hybridized carbons (Fsp3) is 0.0909. The summed E-state index contributed by atoms with van der Waals surface area (Å²) in [5, 5.41) is 24.2. The van der Waals surface area contributed by atoms with E-state index in [2.05, 4.69) is 0 Å². The predicted octanol–water partition coefficient (Wildman–Crippen LogP) is 5.24. The number of non-ortho nitro benzene ring substituents is 1. The monoisotopic (exact) mass is 454 g/mol. The lowest BCUT2D eigenvalue weighted by Crippen LogP contribution is -2.29. The maximum absolute atomic E-state index is 13.0. The average molecular weight is 455 g/mol. The Labute approximate surface area is 186 Å². The summed E-state index contributed by atoms with van der Waals surface area (Å²) < 4.78 is 0. The van der Waals surface area contributed by atoms with E-state index in [1.165, 1.54) is 40.5 Å². The predicted molar refractivity (Wildman–Crippen MR) is 118 cm³/mol. The fourth-order valence-corrected chi connectivity index (χ4v) is 4.74. The highest BCUT2D eigenvalue weighted by molar-refractivity contribution is 7.10. The van der Waals surface area contributed by atoms with Crippen LogP contribution in [0, 0.1) is 17.0 Å². The number of nitrogens with zero attached hydrogens (tertiary/aromatic N) is 2. The minimum Gasteiger partial charge on any atom is -0.507 e. The molecule has 0 aliphatic carbocycles. The van der Waals surface area contributed by atoms with Gasteiger partial charge in [0.25, 0.3) is 17.4 Å². The van der Waals surface area contributed by atoms with Gasteiger partial charge in [0.2, 0.25) is 0 Å². The number of ketones is 1. The van der Waals surface area contributed by atoms with Gasteiger partial charge in [0.1, 0.15) is 11.8 Å². The summed E-state index contributed by atoms with van der Waals surface area (Å²) >= 11 is 7.47. The number of anilines is 1. The highest BCUT2D eigenvalue weighted by atomic mass is 35.5. The van der Waals surface area contributed by atoms with E-state index in [0.717, 1.165) is 10.4 Å². The second-order valence-corrected chi connectivity index (χ2v) is 8.30. The lowest BCUT2D eigenvalue weighted by molar-refractivity contribution is -0.384. The third kappa shape index (κ3) is 3.60. The Bertz CT molecular complexity index is 1250. The number of rotatable bonds is 4. The molecule has 1 atom stereocenters. The topological polar surface area (TPSA) is 101 Å². The van der Waals surface area contributed by atoms with Crippen molar-refractivity contribution in [3.8, 4) is 0 Å². The molecule has 0 spiro atoms. The van der Waals surface area contributed by atoms with Crippen molar-refractivity contribution in [2.45, 2.75) is 13.0 Å². The van der Waals surface area contributed by atoms with Gasteiger partial charge in [-0.1, -0.05) is 17.7 Å². The van der Waals surface area contributed by atoms with E-state index in [9.17, 15) is 24.8 Å². The quantitative estimate of drug-likeness (QED) is 0.191. The van der Waals surface area contributed by atoms with E-state index in [4.69, 9.17) is 11.6 Å². The van der Waals surface area contributed by atoms with Crippen molar-refractivity contribution in [3.05, 3.63) is 96.7 Å². The van der Waals surface area contributed by atoms with Gasteiger partial charge < -0.3 is 5.11 Å². The van der Waals surface area contributed by atoms with E-state index in [1.54, 1.807) is 24.3 Å². The second kappa shape index (κ2) is 7.98. The molecule has 156 valence electrons. The van der Waals surface area contributed by atoms with Crippen LogP contribution in [0.25, 0.3) is 5.76 Å². The molecule has 1 saturated heterocycles. The van der Waals surface area contributed by atoms with Crippen molar-refractivity contribution in [2.75, 3.05) is 4.90 Å². The molecule has 0 radical (unpaired) electrons. The molecule has 4 rings (SSSR count). The minimum absolute atomic E-state index is 0.0793. The summed E-state index contributed by atoms with van der Waals surface area (Å²) in [6, 6.07) is 12.7. The van der Waals surface area contributed by atoms with Crippen molar-refractivity contribution < 1.29 is 19.6 Å². The van der Waals surface area contributed by atoms with E-state index in [-0.39, 0.29) is 16.8 Å². The van der Waals surface area contributed by atoms with Crippen molar-refractivity contribution in [3.63, 3.8) is 0 Å². The lowest BCUT2D eigenvalue weighted by Gasteiger charge is -2.25. The van der Waals surface area contributed by atoms with Crippen LogP contribution in [0.5, 0.6) is 0 Å². The maximum atomic E-state index is 13.0. The maximum Gasteiger partial charge on any atom is 0.300 e. The Hall–Kier alpha value is -3.49. The standard InChI is InChI=1S/C22H15ClN2O5S/c1-12-9-10-31-21(12)18-17(19(26)13-5-7-15(8-6-13)25(29)30)20(27)22(28)24(18)16-4-2-3-14(23)11-16/h2-11,18,26H,1H3/b19-17-. The van der Waals surface area contributed by atoms with Gasteiger partial charge in [0.15, 0.2) is 0 Å². The summed E-state index contributed by atoms with van der Waals surface area (Å²) in [5.74, 6) is -2.02. The number of nitro benzene ring substituents is 1. The van der Waals surface area contributed by atoms with Gasteiger partial charge in [0, 0.05) is 33.3 Å². The Balaban J connectivity index is 1.92. The molecule has 0 saturated carbocycles. The van der Waals surface area contributed by atoms with Crippen molar-refractivity contribution in [1.29, 1.82) is 0 Å². The second-order valence-electron chi connectivity index (χ2n) is 6.92. The van der Waals surface area contributed by atoms with Crippen molar-refractivity contribution in [2.24, 2.45) is 0 Å². The minimum atomic E-state index is -0.853. The Morgan fingerprint density at radius 2 is 1.87 bits per heavy atom. The molecule has 1 amide bonds. The van der Waals surface area contributed by atoms with Crippen LogP contribution < -0.4 is 4.90 Å². The SMILES string of the molecule is Cc1ccsc1C1/C(=C(/O)c2ccc([N+](=O)[O-])cc2)C(=O)C(=O)N1c1cccc(Cl)c1. The summed E-state index contributed by atoms with van der Waals surface area (Å²) in [6.45, 7) is 1.86. The van der Waals surface area contributed by atoms with Crippen LogP contribution >= 0.6 is 22.9 Å². The summed E-state index contributed by atoms with van der Waals surface area (Å²) in [5.41, 5.74) is 1.26. The summed E-state index contributed by atoms with van der Waals surface area (Å²) in [6.07, 6.45) is 0. The number of carbonyl (C=O) groups is 2. The normalized spacial score (nSPS) is 17.9. The molecule has 3 aromatic rings. The van der Waals surface area contributed by atoms with Crippen LogP contribution in [0.1, 0.15) is 22.0 Å². The summed E-state index contributed by atoms with van der Waals surface area (Å²) in [7, 11) is 0. The third-order valence-corrected chi connectivity index (χ3v) is 6.34. The molecule has 2 heterocycles. The van der Waals surface area contributed by atoms with Crippen LogP contribution in [0.3, 0.4) is 0 Å². The third-order valence-electron chi connectivity index (χ3n) is 5.03. The van der Waals surface area contributed by atoms with Gasteiger partial charge in [0.05, 0.1) is 10.5 Å². The first-order chi connectivity index (χ1) is 14.8. The van der Waals surface area contributed by atoms with Crippen molar-refractivity contribution >= 4 is 51.8 Å². The zero-order valence-electron chi connectivity index (χ0n) is 16.1. The van der Waals surface area contributed by atoms with Crippen LogP contribution in [-0.2, 0) is 9.59 Å². The number of benzene rings is 2. The van der Waals surface area contributed by atoms with Crippen LogP contribution in [-0.4, -0.2) is 21.7 Å². The molecule has 1 aromatic heterocycles. The van der Waals surface area contributed by atoms with E-state index in [1.807, 2.05) is 18.4 Å². The number of hydrogen-bond acceptors (Lipinski definition) is 6. The molecule has 1 aliphatic heterocycles. The van der Waals surface area contributed by atoms with Gasteiger partial charge in [-0.15, -0.1) is 11.3 Å². The molecule has 1 unspecified atom stereocenters. The number of hydrogen-bond donors (Lipinski definition) is 1. The number of Topliss-reactive ketones (excluding diaryl/α,β-unsaturated/α-hetero) is 1. The Morgan fingerprint density at radius 3 is 2.45 bits per heavy atom. The molecular formula is C22H15ClN2O5S. The van der Waals surface area contributed by atoms with Crippen LogP contribution in [0.15, 0.2) is 65.6 Å². The lowest BCUT2D eigenvalue weighted by atomic mass is 9.98. The first kappa shape index (κ1) is 20.8. The first-order valence-corrected chi connectivity index (χ1v) is 10.4. The zero-order chi connectivity index (χ0) is 22.3.